The maximum absolute atomic E-state index is 12.6. The lowest BCUT2D eigenvalue weighted by molar-refractivity contribution is -0.130. The summed E-state index contributed by atoms with van der Waals surface area (Å²) in [5.74, 6) is -0.167. The molecule has 0 saturated carbocycles. The van der Waals surface area contributed by atoms with Crippen LogP contribution in [0, 0.1) is 17.2 Å². The molecule has 0 spiro atoms. The predicted molar refractivity (Wildman–Crippen MR) is 88.9 cm³/mol. The van der Waals surface area contributed by atoms with Gasteiger partial charge in [-0.25, -0.2) is 9.69 Å². The number of ether oxygens (including phenoxy) is 1. The number of nitriles is 1. The van der Waals surface area contributed by atoms with E-state index in [2.05, 4.69) is 18.7 Å². The average molecular weight is 332 g/mol. The average Bonchev–Trinajstić information content (AvgIpc) is 2.89. The lowest BCUT2D eigenvalue weighted by Crippen LogP contribution is -2.43. The number of rotatable bonds is 4. The minimum Gasteiger partial charge on any atom is -0.447 e. The first-order chi connectivity index (χ1) is 10.8. The lowest BCUT2D eigenvalue weighted by Gasteiger charge is -2.28. The summed E-state index contributed by atoms with van der Waals surface area (Å²) in [6, 6.07) is 8.76. The number of nitrogens with zero attached hydrogens (tertiary/aromatic N) is 2. The smallest absolute Gasteiger partial charge is 0.416 e. The molecule has 1 aromatic rings. The summed E-state index contributed by atoms with van der Waals surface area (Å²) in [5.41, 5.74) is 1.37. The first-order valence-corrected chi connectivity index (χ1v) is 7.93. The van der Waals surface area contributed by atoms with Crippen molar-refractivity contribution in [1.29, 1.82) is 5.26 Å². The van der Waals surface area contributed by atoms with Gasteiger partial charge >= 0.3 is 6.09 Å². The molecule has 0 aromatic heterocycles. The van der Waals surface area contributed by atoms with E-state index in [1.165, 1.54) is 4.90 Å². The first kappa shape index (κ1) is 17.4. The van der Waals surface area contributed by atoms with E-state index in [4.69, 9.17) is 10.00 Å². The van der Waals surface area contributed by atoms with Gasteiger partial charge in [0.25, 0.3) is 0 Å². The van der Waals surface area contributed by atoms with Crippen LogP contribution in [0.25, 0.3) is 0 Å². The number of benzene rings is 1. The third-order valence-corrected chi connectivity index (χ3v) is 4.49. The van der Waals surface area contributed by atoms with Crippen molar-refractivity contribution in [3.05, 3.63) is 35.4 Å². The Hall–Kier alpha value is -2.00. The number of carbonyl (C=O) groups is 2. The molecule has 1 fully saturated rings. The van der Waals surface area contributed by atoms with Gasteiger partial charge in [-0.2, -0.15) is 17.9 Å². The largest absolute Gasteiger partial charge is 0.447 e. The van der Waals surface area contributed by atoms with Gasteiger partial charge < -0.3 is 4.74 Å². The molecule has 1 heterocycles. The van der Waals surface area contributed by atoms with Crippen LogP contribution in [-0.2, 0) is 14.3 Å². The van der Waals surface area contributed by atoms with Crippen molar-refractivity contribution in [1.82, 2.24) is 4.90 Å². The second-order valence-electron chi connectivity index (χ2n) is 6.29. The Morgan fingerprint density at radius 2 is 2.09 bits per heavy atom. The molecule has 1 aliphatic rings. The summed E-state index contributed by atoms with van der Waals surface area (Å²) in [4.78, 5) is 25.7. The van der Waals surface area contributed by atoms with Crippen molar-refractivity contribution < 1.29 is 14.3 Å². The van der Waals surface area contributed by atoms with E-state index >= 15 is 0 Å². The fraction of sp³-hybridized carbons (Fsp3) is 0.471. The zero-order chi connectivity index (χ0) is 17.2. The molecule has 0 radical (unpaired) electrons. The standard InChI is InChI=1S/C17H20N2O3S/c1-11(2)14-10-22-16(21)19(14)15(20)8-17(3,23)13-6-4-12(9-18)5-7-13/h4-7,11,14,23H,8,10H2,1-3H3/t14-,17+/m1/s1. The Morgan fingerprint density at radius 3 is 2.61 bits per heavy atom. The number of thiol groups is 1. The predicted octanol–water partition coefficient (Wildman–Crippen LogP) is 3.10. The summed E-state index contributed by atoms with van der Waals surface area (Å²) in [7, 11) is 0. The van der Waals surface area contributed by atoms with Gasteiger partial charge in [-0.05, 0) is 30.5 Å². The van der Waals surface area contributed by atoms with Crippen LogP contribution in [0.4, 0.5) is 4.79 Å². The van der Waals surface area contributed by atoms with Gasteiger partial charge in [-0.15, -0.1) is 0 Å². The summed E-state index contributed by atoms with van der Waals surface area (Å²) in [6.07, 6.45) is -0.516. The van der Waals surface area contributed by atoms with Gasteiger partial charge in [0.05, 0.1) is 17.7 Å². The second-order valence-corrected chi connectivity index (χ2v) is 7.28. The van der Waals surface area contributed by atoms with E-state index in [0.717, 1.165) is 5.56 Å². The third kappa shape index (κ3) is 3.67. The molecule has 5 nitrogen and oxygen atoms in total. The van der Waals surface area contributed by atoms with Crippen molar-refractivity contribution in [2.45, 2.75) is 38.0 Å². The molecule has 1 aromatic carbocycles. The van der Waals surface area contributed by atoms with Crippen molar-refractivity contribution in [3.8, 4) is 6.07 Å². The van der Waals surface area contributed by atoms with Gasteiger partial charge in [0.15, 0.2) is 0 Å². The van der Waals surface area contributed by atoms with Crippen LogP contribution in [0.1, 0.15) is 38.3 Å². The number of cyclic esters (lactones) is 1. The molecule has 2 rings (SSSR count). The summed E-state index contributed by atoms with van der Waals surface area (Å²) >= 11 is 4.60. The van der Waals surface area contributed by atoms with Gasteiger partial charge in [0, 0.05) is 11.2 Å². The van der Waals surface area contributed by atoms with Crippen LogP contribution in [-0.4, -0.2) is 29.5 Å². The molecule has 1 saturated heterocycles. The molecule has 0 aliphatic carbocycles. The van der Waals surface area contributed by atoms with Crippen molar-refractivity contribution in [2.24, 2.45) is 5.92 Å². The SMILES string of the molecule is CC(C)[C@H]1COC(=O)N1C(=O)C[C@](C)(S)c1ccc(C#N)cc1. The van der Waals surface area contributed by atoms with Gasteiger partial charge in [0.1, 0.15) is 6.61 Å². The number of amides is 2. The molecule has 0 bridgehead atoms. The molecular formula is C17H20N2O3S. The summed E-state index contributed by atoms with van der Waals surface area (Å²) in [6.45, 7) is 5.96. The molecule has 2 amide bonds. The number of carbonyl (C=O) groups excluding carboxylic acids is 2. The molecule has 23 heavy (non-hydrogen) atoms. The third-order valence-electron chi connectivity index (χ3n) is 4.08. The lowest BCUT2D eigenvalue weighted by atomic mass is 9.94. The highest BCUT2D eigenvalue weighted by atomic mass is 32.1. The van der Waals surface area contributed by atoms with Gasteiger partial charge in [-0.3, -0.25) is 4.79 Å². The van der Waals surface area contributed by atoms with Crippen molar-refractivity contribution >= 4 is 24.6 Å². The summed E-state index contributed by atoms with van der Waals surface area (Å²) in [5, 5.41) is 8.85. The first-order valence-electron chi connectivity index (χ1n) is 7.48. The normalized spacial score (nSPS) is 20.1. The number of hydrogen-bond donors (Lipinski definition) is 1. The Balaban J connectivity index is 2.17. The zero-order valence-corrected chi connectivity index (χ0v) is 14.3. The van der Waals surface area contributed by atoms with Crippen LogP contribution in [0.3, 0.4) is 0 Å². The highest BCUT2D eigenvalue weighted by Crippen LogP contribution is 2.34. The monoisotopic (exact) mass is 332 g/mol. The zero-order valence-electron chi connectivity index (χ0n) is 13.4. The Kier molecular flexibility index (Phi) is 5.00. The Morgan fingerprint density at radius 1 is 1.48 bits per heavy atom. The molecule has 1 aliphatic heterocycles. The van der Waals surface area contributed by atoms with Crippen LogP contribution >= 0.6 is 12.6 Å². The van der Waals surface area contributed by atoms with Gasteiger partial charge in [0.2, 0.25) is 5.91 Å². The van der Waals surface area contributed by atoms with Crippen LogP contribution in [0.15, 0.2) is 24.3 Å². The molecule has 2 atom stereocenters. The Labute approximate surface area is 141 Å². The van der Waals surface area contributed by atoms with E-state index in [-0.39, 0.29) is 30.9 Å². The van der Waals surface area contributed by atoms with E-state index < -0.39 is 10.8 Å². The maximum atomic E-state index is 12.6. The minimum atomic E-state index is -0.741. The molecule has 0 N–H and O–H groups in total. The quantitative estimate of drug-likeness (QED) is 0.860. The van der Waals surface area contributed by atoms with E-state index in [1.807, 2.05) is 20.8 Å². The van der Waals surface area contributed by atoms with E-state index in [0.29, 0.717) is 5.56 Å². The van der Waals surface area contributed by atoms with Crippen LogP contribution in [0.2, 0.25) is 0 Å². The number of hydrogen-bond acceptors (Lipinski definition) is 5. The van der Waals surface area contributed by atoms with Crippen LogP contribution in [0.5, 0.6) is 0 Å². The van der Waals surface area contributed by atoms with Gasteiger partial charge in [-0.1, -0.05) is 26.0 Å². The second kappa shape index (κ2) is 6.63. The Bertz CT molecular complexity index is 647. The molecule has 0 unspecified atom stereocenters. The van der Waals surface area contributed by atoms with E-state index in [1.54, 1.807) is 24.3 Å². The molecular weight excluding hydrogens is 312 g/mol. The summed E-state index contributed by atoms with van der Waals surface area (Å²) < 4.78 is 4.28. The van der Waals surface area contributed by atoms with Crippen molar-refractivity contribution in [3.63, 3.8) is 0 Å². The highest BCUT2D eigenvalue weighted by molar-refractivity contribution is 7.81. The fourth-order valence-corrected chi connectivity index (χ4v) is 2.88. The van der Waals surface area contributed by atoms with Crippen LogP contribution < -0.4 is 0 Å². The molecule has 122 valence electrons. The minimum absolute atomic E-state index is 0.0698. The van der Waals surface area contributed by atoms with E-state index in [9.17, 15) is 9.59 Å². The topological polar surface area (TPSA) is 70.4 Å². The van der Waals surface area contributed by atoms with Crippen molar-refractivity contribution in [2.75, 3.05) is 6.61 Å². The fourth-order valence-electron chi connectivity index (χ4n) is 2.60. The molecule has 6 heteroatoms. The maximum Gasteiger partial charge on any atom is 0.416 e. The highest BCUT2D eigenvalue weighted by Gasteiger charge is 2.41. The number of imide groups is 1.